The molecule has 1 aromatic carbocycles. The Morgan fingerprint density at radius 2 is 2.00 bits per heavy atom. The van der Waals surface area contributed by atoms with Gasteiger partial charge in [0.25, 0.3) is 0 Å². The van der Waals surface area contributed by atoms with Crippen molar-refractivity contribution in [1.82, 2.24) is 5.32 Å². The fraction of sp³-hybridized carbons (Fsp3) is 0.647. The maximum absolute atomic E-state index is 5.69. The maximum atomic E-state index is 5.69. The first-order valence-electron chi connectivity index (χ1n) is 7.66. The van der Waals surface area contributed by atoms with E-state index < -0.39 is 0 Å². The van der Waals surface area contributed by atoms with E-state index >= 15 is 0 Å². The minimum atomic E-state index is 0.251. The molecule has 1 fully saturated rings. The first kappa shape index (κ1) is 14.5. The molecule has 19 heavy (non-hydrogen) atoms. The third-order valence-electron chi connectivity index (χ3n) is 4.38. The molecule has 0 amide bonds. The third kappa shape index (κ3) is 3.18. The molecule has 2 unspecified atom stereocenters. The van der Waals surface area contributed by atoms with Crippen LogP contribution in [0.3, 0.4) is 0 Å². The Labute approximate surface area is 117 Å². The molecular formula is C17H27NO. The summed E-state index contributed by atoms with van der Waals surface area (Å²) >= 11 is 0. The quantitative estimate of drug-likeness (QED) is 0.800. The number of benzene rings is 1. The van der Waals surface area contributed by atoms with E-state index in [1.165, 1.54) is 30.4 Å². The van der Waals surface area contributed by atoms with Crippen LogP contribution in [-0.4, -0.2) is 19.8 Å². The summed E-state index contributed by atoms with van der Waals surface area (Å²) in [5, 5.41) is 3.62. The van der Waals surface area contributed by atoms with Gasteiger partial charge < -0.3 is 10.1 Å². The highest BCUT2D eigenvalue weighted by molar-refractivity contribution is 5.35. The molecule has 0 aromatic heterocycles. The van der Waals surface area contributed by atoms with Crippen LogP contribution >= 0.6 is 0 Å². The second-order valence-corrected chi connectivity index (χ2v) is 5.47. The molecule has 0 heterocycles. The van der Waals surface area contributed by atoms with Crippen LogP contribution in [0.25, 0.3) is 0 Å². The van der Waals surface area contributed by atoms with Crippen molar-refractivity contribution in [3.05, 3.63) is 35.4 Å². The van der Waals surface area contributed by atoms with Crippen LogP contribution in [0.2, 0.25) is 0 Å². The zero-order valence-electron chi connectivity index (χ0n) is 12.5. The summed E-state index contributed by atoms with van der Waals surface area (Å²) in [5.41, 5.74) is 2.98. The van der Waals surface area contributed by atoms with E-state index in [9.17, 15) is 0 Å². The van der Waals surface area contributed by atoms with E-state index in [4.69, 9.17) is 4.74 Å². The van der Waals surface area contributed by atoms with E-state index in [0.717, 1.165) is 18.9 Å². The summed E-state index contributed by atoms with van der Waals surface area (Å²) in [4.78, 5) is 0. The van der Waals surface area contributed by atoms with Crippen molar-refractivity contribution >= 4 is 0 Å². The lowest BCUT2D eigenvalue weighted by Gasteiger charge is -2.33. The largest absolute Gasteiger partial charge is 0.379 e. The summed E-state index contributed by atoms with van der Waals surface area (Å²) in [6, 6.07) is 9.24. The van der Waals surface area contributed by atoms with Crippen molar-refractivity contribution in [2.24, 2.45) is 0 Å². The Hall–Kier alpha value is -0.860. The molecule has 2 heteroatoms. The highest BCUT2D eigenvalue weighted by Crippen LogP contribution is 2.40. The van der Waals surface area contributed by atoms with Gasteiger partial charge in [0.1, 0.15) is 0 Å². The van der Waals surface area contributed by atoms with Gasteiger partial charge in [-0.2, -0.15) is 0 Å². The lowest BCUT2D eigenvalue weighted by atomic mass is 9.76. The van der Waals surface area contributed by atoms with Crippen LogP contribution < -0.4 is 5.32 Å². The third-order valence-corrected chi connectivity index (χ3v) is 4.38. The van der Waals surface area contributed by atoms with Gasteiger partial charge in [0.15, 0.2) is 0 Å². The number of nitrogens with one attached hydrogen (secondary N) is 1. The molecule has 1 saturated carbocycles. The highest BCUT2D eigenvalue weighted by atomic mass is 16.5. The smallest absolute Gasteiger partial charge is 0.0763 e. The molecule has 0 saturated heterocycles. The van der Waals surface area contributed by atoms with E-state index in [2.05, 4.69) is 43.4 Å². The normalized spacial score (nSPS) is 18.9. The maximum Gasteiger partial charge on any atom is 0.0763 e. The Kier molecular flexibility index (Phi) is 5.41. The molecule has 2 atom stereocenters. The van der Waals surface area contributed by atoms with Gasteiger partial charge in [0, 0.05) is 7.11 Å². The number of hydrogen-bond donors (Lipinski definition) is 1. The molecule has 0 radical (unpaired) electrons. The molecule has 0 aliphatic heterocycles. The lowest BCUT2D eigenvalue weighted by molar-refractivity contribution is 0.0650. The SMILES string of the molecule is CCNC(c1ccccc1C1CCC1)C(CC)OC. The van der Waals surface area contributed by atoms with Crippen molar-refractivity contribution in [2.75, 3.05) is 13.7 Å². The summed E-state index contributed by atoms with van der Waals surface area (Å²) < 4.78 is 5.69. The second-order valence-electron chi connectivity index (χ2n) is 5.47. The van der Waals surface area contributed by atoms with Crippen molar-refractivity contribution in [1.29, 1.82) is 0 Å². The zero-order valence-corrected chi connectivity index (χ0v) is 12.5. The lowest BCUT2D eigenvalue weighted by Crippen LogP contribution is -2.34. The topological polar surface area (TPSA) is 21.3 Å². The van der Waals surface area contributed by atoms with Gasteiger partial charge in [0.2, 0.25) is 0 Å². The van der Waals surface area contributed by atoms with Gasteiger partial charge in [-0.05, 0) is 42.9 Å². The highest BCUT2D eigenvalue weighted by Gasteiger charge is 2.28. The van der Waals surface area contributed by atoms with E-state index in [0.29, 0.717) is 6.04 Å². The molecule has 106 valence electrons. The fourth-order valence-electron chi connectivity index (χ4n) is 3.09. The number of methoxy groups -OCH3 is 1. The Balaban J connectivity index is 2.29. The molecule has 2 rings (SSSR count). The Morgan fingerprint density at radius 1 is 1.26 bits per heavy atom. The predicted octanol–water partition coefficient (Wildman–Crippen LogP) is 4.03. The molecule has 2 nitrogen and oxygen atoms in total. The average molecular weight is 261 g/mol. The Bertz CT molecular complexity index is 383. The van der Waals surface area contributed by atoms with E-state index in [1.54, 1.807) is 0 Å². The minimum absolute atomic E-state index is 0.251. The minimum Gasteiger partial charge on any atom is -0.379 e. The first-order chi connectivity index (χ1) is 9.31. The second kappa shape index (κ2) is 7.06. The molecule has 1 N–H and O–H groups in total. The molecule has 1 aromatic rings. The molecule has 0 spiro atoms. The van der Waals surface area contributed by atoms with Gasteiger partial charge >= 0.3 is 0 Å². The molecule has 1 aliphatic carbocycles. The van der Waals surface area contributed by atoms with Crippen LogP contribution in [0, 0.1) is 0 Å². The predicted molar refractivity (Wildman–Crippen MR) is 80.5 cm³/mol. The van der Waals surface area contributed by atoms with Crippen LogP contribution in [-0.2, 0) is 4.74 Å². The number of hydrogen-bond acceptors (Lipinski definition) is 2. The molecule has 1 aliphatic rings. The summed E-state index contributed by atoms with van der Waals surface area (Å²) in [6.45, 7) is 5.34. The van der Waals surface area contributed by atoms with E-state index in [1.807, 2.05) is 7.11 Å². The fourth-order valence-corrected chi connectivity index (χ4v) is 3.09. The Morgan fingerprint density at radius 3 is 2.53 bits per heavy atom. The van der Waals surface area contributed by atoms with Gasteiger partial charge in [0.05, 0.1) is 12.1 Å². The number of likely N-dealkylation sites (N-methyl/N-ethyl adjacent to an activating group) is 1. The summed E-state index contributed by atoms with van der Waals surface area (Å²) in [6.07, 6.45) is 5.36. The van der Waals surface area contributed by atoms with Gasteiger partial charge in [-0.15, -0.1) is 0 Å². The number of rotatable bonds is 7. The average Bonchev–Trinajstić information content (AvgIpc) is 2.38. The molecular weight excluding hydrogens is 234 g/mol. The van der Waals surface area contributed by atoms with Crippen molar-refractivity contribution in [3.8, 4) is 0 Å². The van der Waals surface area contributed by atoms with Crippen LogP contribution in [0.15, 0.2) is 24.3 Å². The van der Waals surface area contributed by atoms with E-state index in [-0.39, 0.29) is 6.10 Å². The zero-order chi connectivity index (χ0) is 13.7. The van der Waals surface area contributed by atoms with Crippen LogP contribution in [0.4, 0.5) is 0 Å². The first-order valence-corrected chi connectivity index (χ1v) is 7.66. The van der Waals surface area contributed by atoms with Crippen LogP contribution in [0.1, 0.15) is 62.6 Å². The van der Waals surface area contributed by atoms with Crippen molar-refractivity contribution in [2.45, 2.75) is 57.6 Å². The summed E-state index contributed by atoms with van der Waals surface area (Å²) in [7, 11) is 1.82. The monoisotopic (exact) mass is 261 g/mol. The van der Waals surface area contributed by atoms with Crippen molar-refractivity contribution < 1.29 is 4.74 Å². The standard InChI is InChI=1S/C17H27NO/c1-4-16(19-3)17(18-5-2)15-12-7-6-11-14(15)13-9-8-10-13/h6-7,11-13,16-18H,4-5,8-10H2,1-3H3. The van der Waals surface area contributed by atoms with Gasteiger partial charge in [-0.3, -0.25) is 0 Å². The summed E-state index contributed by atoms with van der Waals surface area (Å²) in [5.74, 6) is 0.770. The van der Waals surface area contributed by atoms with Gasteiger partial charge in [-0.25, -0.2) is 0 Å². The molecule has 0 bridgehead atoms. The van der Waals surface area contributed by atoms with Crippen molar-refractivity contribution in [3.63, 3.8) is 0 Å². The van der Waals surface area contributed by atoms with Crippen LogP contribution in [0.5, 0.6) is 0 Å². The number of ether oxygens (including phenoxy) is 1. The van der Waals surface area contributed by atoms with Gasteiger partial charge in [-0.1, -0.05) is 44.5 Å².